The normalized spacial score (nSPS) is 11.8. The Balaban J connectivity index is 1.67. The predicted molar refractivity (Wildman–Crippen MR) is 101 cm³/mol. The first-order chi connectivity index (χ1) is 12.9. The van der Waals surface area contributed by atoms with Gasteiger partial charge in [-0.25, -0.2) is 0 Å². The maximum absolute atomic E-state index is 12.4. The number of hydrogen-bond acceptors (Lipinski definition) is 7. The van der Waals surface area contributed by atoms with Gasteiger partial charge in [0, 0.05) is 22.8 Å². The molecule has 1 heterocycles. The first kappa shape index (κ1) is 18.8. The number of nitro benzene ring substituents is 1. The first-order valence-electron chi connectivity index (χ1n) is 7.70. The highest BCUT2D eigenvalue weighted by Crippen LogP contribution is 2.25. The number of aromatic nitrogens is 4. The van der Waals surface area contributed by atoms with Crippen molar-refractivity contribution in [2.24, 2.45) is 0 Å². The second-order valence-electron chi connectivity index (χ2n) is 5.40. The summed E-state index contributed by atoms with van der Waals surface area (Å²) >= 11 is 7.07. The minimum absolute atomic E-state index is 0.0439. The maximum Gasteiger partial charge on any atom is 0.269 e. The summed E-state index contributed by atoms with van der Waals surface area (Å²) in [6, 6.07) is 12.6. The lowest BCUT2D eigenvalue weighted by atomic mass is 10.3. The molecular weight excluding hydrogens is 392 g/mol. The molecule has 138 valence electrons. The Morgan fingerprint density at radius 2 is 1.89 bits per heavy atom. The molecule has 2 aromatic carbocycles. The van der Waals surface area contributed by atoms with Crippen molar-refractivity contribution in [2.75, 3.05) is 5.32 Å². The summed E-state index contributed by atoms with van der Waals surface area (Å²) < 4.78 is 1.51. The van der Waals surface area contributed by atoms with Crippen LogP contribution in [0.2, 0.25) is 5.02 Å². The summed E-state index contributed by atoms with van der Waals surface area (Å²) in [6.07, 6.45) is 0. The lowest BCUT2D eigenvalue weighted by Gasteiger charge is -2.11. The molecule has 27 heavy (non-hydrogen) atoms. The van der Waals surface area contributed by atoms with E-state index in [-0.39, 0.29) is 11.6 Å². The van der Waals surface area contributed by atoms with Gasteiger partial charge in [-0.3, -0.25) is 14.9 Å². The molecule has 9 nitrogen and oxygen atoms in total. The van der Waals surface area contributed by atoms with Crippen LogP contribution in [0.1, 0.15) is 6.92 Å². The molecule has 1 N–H and O–H groups in total. The zero-order valence-corrected chi connectivity index (χ0v) is 15.5. The van der Waals surface area contributed by atoms with Gasteiger partial charge in [0.1, 0.15) is 0 Å². The van der Waals surface area contributed by atoms with Gasteiger partial charge in [0.15, 0.2) is 0 Å². The van der Waals surface area contributed by atoms with E-state index < -0.39 is 10.2 Å². The molecule has 0 aliphatic heterocycles. The summed E-state index contributed by atoms with van der Waals surface area (Å²) in [7, 11) is 0. The van der Waals surface area contributed by atoms with E-state index in [2.05, 4.69) is 20.8 Å². The first-order valence-corrected chi connectivity index (χ1v) is 8.96. The van der Waals surface area contributed by atoms with Gasteiger partial charge in [0.25, 0.3) is 5.69 Å². The largest absolute Gasteiger partial charge is 0.325 e. The van der Waals surface area contributed by atoms with Crippen LogP contribution in [0.5, 0.6) is 0 Å². The van der Waals surface area contributed by atoms with Gasteiger partial charge < -0.3 is 5.32 Å². The third kappa shape index (κ3) is 4.60. The second kappa shape index (κ2) is 8.14. The van der Waals surface area contributed by atoms with Crippen LogP contribution in [0.3, 0.4) is 0 Å². The Labute approximate surface area is 162 Å². The summed E-state index contributed by atoms with van der Waals surface area (Å²) in [5.41, 5.74) is 1.14. The number of anilines is 1. The average Bonchev–Trinajstić information content (AvgIpc) is 3.10. The number of carbonyl (C=O) groups is 1. The highest BCUT2D eigenvalue weighted by Gasteiger charge is 2.19. The van der Waals surface area contributed by atoms with Crippen molar-refractivity contribution in [1.29, 1.82) is 0 Å². The topological polar surface area (TPSA) is 116 Å². The summed E-state index contributed by atoms with van der Waals surface area (Å²) in [4.78, 5) is 22.6. The summed E-state index contributed by atoms with van der Waals surface area (Å²) in [5.74, 6) is -0.278. The van der Waals surface area contributed by atoms with Crippen LogP contribution < -0.4 is 5.32 Å². The number of thioether (sulfide) groups is 1. The van der Waals surface area contributed by atoms with Gasteiger partial charge >= 0.3 is 0 Å². The molecule has 1 aromatic heterocycles. The van der Waals surface area contributed by atoms with Gasteiger partial charge in [-0.15, -0.1) is 5.10 Å². The third-order valence-electron chi connectivity index (χ3n) is 3.51. The van der Waals surface area contributed by atoms with Crippen LogP contribution >= 0.6 is 23.4 Å². The lowest BCUT2D eigenvalue weighted by Crippen LogP contribution is -2.22. The van der Waals surface area contributed by atoms with Crippen molar-refractivity contribution < 1.29 is 9.72 Å². The molecule has 0 radical (unpaired) electrons. The van der Waals surface area contributed by atoms with E-state index in [1.165, 1.54) is 40.7 Å². The van der Waals surface area contributed by atoms with Crippen molar-refractivity contribution in [3.8, 4) is 5.69 Å². The zero-order chi connectivity index (χ0) is 19.4. The smallest absolute Gasteiger partial charge is 0.269 e. The third-order valence-corrected chi connectivity index (χ3v) is 4.79. The fourth-order valence-corrected chi connectivity index (χ4v) is 3.05. The van der Waals surface area contributed by atoms with Crippen LogP contribution in [0.25, 0.3) is 5.69 Å². The number of carbonyl (C=O) groups excluding carboxylic acids is 1. The van der Waals surface area contributed by atoms with Crippen molar-refractivity contribution in [3.05, 3.63) is 63.7 Å². The van der Waals surface area contributed by atoms with Gasteiger partial charge in [-0.1, -0.05) is 23.4 Å². The maximum atomic E-state index is 12.4. The van der Waals surface area contributed by atoms with Gasteiger partial charge in [0.05, 0.1) is 15.9 Å². The Kier molecular flexibility index (Phi) is 5.67. The van der Waals surface area contributed by atoms with Crippen LogP contribution in [0.4, 0.5) is 11.4 Å². The molecular formula is C16H13ClN6O3S. The van der Waals surface area contributed by atoms with Crippen molar-refractivity contribution in [3.63, 3.8) is 0 Å². The zero-order valence-electron chi connectivity index (χ0n) is 13.9. The van der Waals surface area contributed by atoms with Crippen molar-refractivity contribution in [2.45, 2.75) is 17.3 Å². The monoisotopic (exact) mass is 404 g/mol. The number of hydrogen-bond donors (Lipinski definition) is 1. The molecule has 0 aliphatic carbocycles. The van der Waals surface area contributed by atoms with E-state index >= 15 is 0 Å². The van der Waals surface area contributed by atoms with Crippen molar-refractivity contribution in [1.82, 2.24) is 20.2 Å². The number of amides is 1. The van der Waals surface area contributed by atoms with E-state index in [0.29, 0.717) is 15.9 Å². The Morgan fingerprint density at radius 3 is 2.52 bits per heavy atom. The molecule has 0 saturated heterocycles. The molecule has 3 rings (SSSR count). The lowest BCUT2D eigenvalue weighted by molar-refractivity contribution is -0.384. The average molecular weight is 405 g/mol. The molecule has 0 saturated carbocycles. The minimum atomic E-state index is -0.503. The van der Waals surface area contributed by atoms with Crippen molar-refractivity contribution >= 4 is 40.6 Å². The van der Waals surface area contributed by atoms with E-state index in [1.807, 2.05) is 0 Å². The standard InChI is InChI=1S/C16H13ClN6O3S/c1-10(15(24)18-12-4-8-14(9-5-12)23(25)26)27-16-19-20-21-22(16)13-6-2-11(17)3-7-13/h2-10H,1H3,(H,18,24). The van der Waals surface area contributed by atoms with E-state index in [1.54, 1.807) is 31.2 Å². The minimum Gasteiger partial charge on any atom is -0.325 e. The van der Waals surface area contributed by atoms with Gasteiger partial charge in [0.2, 0.25) is 11.1 Å². The van der Waals surface area contributed by atoms with Crippen LogP contribution in [-0.2, 0) is 4.79 Å². The number of non-ortho nitro benzene ring substituents is 1. The molecule has 0 fully saturated rings. The Hall–Kier alpha value is -2.98. The number of rotatable bonds is 6. The highest BCUT2D eigenvalue weighted by molar-refractivity contribution is 8.00. The second-order valence-corrected chi connectivity index (χ2v) is 7.15. The number of halogens is 1. The Bertz CT molecular complexity index is 961. The number of nitrogens with zero attached hydrogens (tertiary/aromatic N) is 5. The van der Waals surface area contributed by atoms with Gasteiger partial charge in [-0.05, 0) is 53.7 Å². The number of nitro groups is 1. The quantitative estimate of drug-likeness (QED) is 0.380. The number of nitrogens with one attached hydrogen (secondary N) is 1. The Morgan fingerprint density at radius 1 is 1.22 bits per heavy atom. The predicted octanol–water partition coefficient (Wildman–Crippen LogP) is 3.34. The molecule has 0 bridgehead atoms. The SMILES string of the molecule is CC(Sc1nnnn1-c1ccc(Cl)cc1)C(=O)Nc1ccc([N+](=O)[O-])cc1. The number of benzene rings is 2. The molecule has 11 heteroatoms. The van der Waals surface area contributed by atoms with Gasteiger partial charge in [-0.2, -0.15) is 4.68 Å². The summed E-state index contributed by atoms with van der Waals surface area (Å²) in [5, 5.41) is 25.5. The fourth-order valence-electron chi connectivity index (χ4n) is 2.12. The highest BCUT2D eigenvalue weighted by atomic mass is 35.5. The number of tetrazole rings is 1. The molecule has 3 aromatic rings. The van der Waals surface area contributed by atoms with Crippen LogP contribution in [0.15, 0.2) is 53.7 Å². The fraction of sp³-hybridized carbons (Fsp3) is 0.125. The van der Waals surface area contributed by atoms with E-state index in [9.17, 15) is 14.9 Å². The van der Waals surface area contributed by atoms with Crippen LogP contribution in [0, 0.1) is 10.1 Å². The molecule has 1 amide bonds. The molecule has 1 atom stereocenters. The molecule has 1 unspecified atom stereocenters. The summed E-state index contributed by atoms with van der Waals surface area (Å²) in [6.45, 7) is 1.71. The van der Waals surface area contributed by atoms with E-state index in [4.69, 9.17) is 11.6 Å². The van der Waals surface area contributed by atoms with Crippen LogP contribution in [-0.4, -0.2) is 36.3 Å². The molecule has 0 aliphatic rings. The van der Waals surface area contributed by atoms with E-state index in [0.717, 1.165) is 5.69 Å². The molecule has 0 spiro atoms.